The minimum Gasteiger partial charge on any atom is -0.421 e. The molecule has 0 unspecified atom stereocenters. The van der Waals surface area contributed by atoms with Gasteiger partial charge in [0.25, 0.3) is 0 Å². The highest BCUT2D eigenvalue weighted by atomic mass is 32.1. The summed E-state index contributed by atoms with van der Waals surface area (Å²) in [5.41, 5.74) is 3.23. The van der Waals surface area contributed by atoms with E-state index in [0.717, 1.165) is 21.6 Å². The predicted molar refractivity (Wildman–Crippen MR) is 77.2 cm³/mol. The van der Waals surface area contributed by atoms with E-state index in [0.29, 0.717) is 11.8 Å². The Morgan fingerprint density at radius 2 is 1.32 bits per heavy atom. The molecule has 0 aliphatic carbocycles. The molecule has 3 aromatic rings. The molecule has 0 bridgehead atoms. The quantitative estimate of drug-likeness (QED) is 0.714. The van der Waals surface area contributed by atoms with Crippen LogP contribution in [0.15, 0.2) is 57.8 Å². The van der Waals surface area contributed by atoms with E-state index in [4.69, 9.17) is 4.42 Å². The zero-order valence-electron chi connectivity index (χ0n) is 10.4. The lowest BCUT2D eigenvalue weighted by Gasteiger charge is -2.02. The second-order valence-electron chi connectivity index (χ2n) is 4.25. The molecule has 4 heteroatoms. The van der Waals surface area contributed by atoms with E-state index >= 15 is 0 Å². The van der Waals surface area contributed by atoms with Crippen molar-refractivity contribution in [2.75, 3.05) is 0 Å². The van der Waals surface area contributed by atoms with Gasteiger partial charge in [-0.25, -0.2) is 0 Å². The molecule has 0 aliphatic rings. The van der Waals surface area contributed by atoms with E-state index in [9.17, 15) is 0 Å². The second kappa shape index (κ2) is 4.90. The van der Waals surface area contributed by atoms with Crippen molar-refractivity contribution in [1.29, 1.82) is 0 Å². The Labute approximate surface area is 116 Å². The van der Waals surface area contributed by atoms with Crippen LogP contribution < -0.4 is 0 Å². The lowest BCUT2D eigenvalue weighted by atomic mass is 10.0. The van der Waals surface area contributed by atoms with E-state index in [2.05, 4.69) is 22.8 Å². The fraction of sp³-hybridized carbons (Fsp3) is 0.0667. The number of aryl methyl sites for hydroxylation is 1. The molecular weight excluding hydrogens is 256 g/mol. The highest BCUT2D eigenvalue weighted by Crippen LogP contribution is 2.24. The van der Waals surface area contributed by atoms with Gasteiger partial charge >= 0.3 is 0 Å². The van der Waals surface area contributed by atoms with Gasteiger partial charge in [-0.3, -0.25) is 0 Å². The van der Waals surface area contributed by atoms with Crippen LogP contribution in [0, 0.1) is 6.92 Å². The van der Waals surface area contributed by atoms with Gasteiger partial charge in [-0.1, -0.05) is 24.3 Å². The number of nitrogens with zero attached hydrogens (tertiary/aromatic N) is 2. The Balaban J connectivity index is 1.92. The predicted octanol–water partition coefficient (Wildman–Crippen LogP) is 4.00. The highest BCUT2D eigenvalue weighted by Gasteiger charge is 2.05. The van der Waals surface area contributed by atoms with Crippen molar-refractivity contribution in [2.24, 2.45) is 0 Å². The van der Waals surface area contributed by atoms with Crippen LogP contribution in [-0.2, 0) is 0 Å². The Bertz CT molecular complexity index is 687. The summed E-state index contributed by atoms with van der Waals surface area (Å²) in [6, 6.07) is 16.1. The molecule has 3 rings (SSSR count). The lowest BCUT2D eigenvalue weighted by molar-refractivity contribution is 0.533. The molecule has 0 saturated heterocycles. The van der Waals surface area contributed by atoms with Gasteiger partial charge in [0, 0.05) is 17.4 Å². The van der Waals surface area contributed by atoms with E-state index in [-0.39, 0.29) is 0 Å². The molecule has 0 atom stereocenters. The third-order valence-corrected chi connectivity index (χ3v) is 3.16. The monoisotopic (exact) mass is 268 g/mol. The van der Waals surface area contributed by atoms with Crippen LogP contribution in [0.2, 0.25) is 0 Å². The van der Waals surface area contributed by atoms with Crippen molar-refractivity contribution < 1.29 is 4.42 Å². The third kappa shape index (κ3) is 2.53. The van der Waals surface area contributed by atoms with Crippen LogP contribution in [0.4, 0.5) is 0 Å². The zero-order chi connectivity index (χ0) is 13.2. The van der Waals surface area contributed by atoms with E-state index < -0.39 is 0 Å². The molecule has 0 spiro atoms. The average Bonchev–Trinajstić information content (AvgIpc) is 2.87. The highest BCUT2D eigenvalue weighted by molar-refractivity contribution is 7.80. The van der Waals surface area contributed by atoms with Crippen molar-refractivity contribution in [1.82, 2.24) is 10.2 Å². The molecule has 2 aromatic carbocycles. The van der Waals surface area contributed by atoms with Crippen molar-refractivity contribution in [3.05, 3.63) is 54.4 Å². The van der Waals surface area contributed by atoms with E-state index in [1.54, 1.807) is 6.92 Å². The smallest absolute Gasteiger partial charge is 0.247 e. The average molecular weight is 268 g/mol. The summed E-state index contributed by atoms with van der Waals surface area (Å²) < 4.78 is 5.40. The maximum atomic E-state index is 5.40. The molecule has 0 amide bonds. The Morgan fingerprint density at radius 3 is 1.84 bits per heavy atom. The number of hydrogen-bond donors (Lipinski definition) is 1. The molecule has 94 valence electrons. The molecule has 0 radical (unpaired) electrons. The standard InChI is InChI=1S/C15H12N2OS/c1-10-16-17-15(18-10)13-4-2-11(3-5-13)12-6-8-14(19)9-7-12/h2-9,19H,1H3. The fourth-order valence-electron chi connectivity index (χ4n) is 1.87. The third-order valence-electron chi connectivity index (χ3n) is 2.86. The minimum atomic E-state index is 0.551. The van der Waals surface area contributed by atoms with Crippen LogP contribution in [0.5, 0.6) is 0 Å². The molecule has 0 N–H and O–H groups in total. The Hall–Kier alpha value is -2.07. The second-order valence-corrected chi connectivity index (χ2v) is 4.77. The van der Waals surface area contributed by atoms with E-state index in [1.807, 2.05) is 48.5 Å². The number of aromatic nitrogens is 2. The van der Waals surface area contributed by atoms with Gasteiger partial charge in [0.2, 0.25) is 11.8 Å². The number of hydrogen-bond acceptors (Lipinski definition) is 4. The zero-order valence-corrected chi connectivity index (χ0v) is 11.3. The van der Waals surface area contributed by atoms with Gasteiger partial charge in [-0.05, 0) is 35.4 Å². The first-order chi connectivity index (χ1) is 9.22. The van der Waals surface area contributed by atoms with Gasteiger partial charge in [-0.15, -0.1) is 22.8 Å². The largest absolute Gasteiger partial charge is 0.421 e. The van der Waals surface area contributed by atoms with Crippen LogP contribution in [0.1, 0.15) is 5.89 Å². The summed E-state index contributed by atoms with van der Waals surface area (Å²) in [5.74, 6) is 1.12. The van der Waals surface area contributed by atoms with Crippen molar-refractivity contribution in [3.63, 3.8) is 0 Å². The Morgan fingerprint density at radius 1 is 0.789 bits per heavy atom. The summed E-state index contributed by atoms with van der Waals surface area (Å²) >= 11 is 4.28. The maximum Gasteiger partial charge on any atom is 0.247 e. The topological polar surface area (TPSA) is 38.9 Å². The molecule has 0 saturated carbocycles. The molecule has 0 aliphatic heterocycles. The number of benzene rings is 2. The summed E-state index contributed by atoms with van der Waals surface area (Å²) in [6.45, 7) is 1.78. The van der Waals surface area contributed by atoms with Gasteiger partial charge in [-0.2, -0.15) is 0 Å². The SMILES string of the molecule is Cc1nnc(-c2ccc(-c3ccc(S)cc3)cc2)o1. The minimum absolute atomic E-state index is 0.551. The van der Waals surface area contributed by atoms with Crippen LogP contribution in [-0.4, -0.2) is 10.2 Å². The van der Waals surface area contributed by atoms with Gasteiger partial charge in [0.15, 0.2) is 0 Å². The summed E-state index contributed by atoms with van der Waals surface area (Å²) in [5, 5.41) is 7.83. The maximum absolute atomic E-state index is 5.40. The molecule has 19 heavy (non-hydrogen) atoms. The lowest BCUT2D eigenvalue weighted by Crippen LogP contribution is -1.80. The summed E-state index contributed by atoms with van der Waals surface area (Å²) in [6.07, 6.45) is 0. The summed E-state index contributed by atoms with van der Waals surface area (Å²) in [7, 11) is 0. The molecule has 1 heterocycles. The van der Waals surface area contributed by atoms with E-state index in [1.165, 1.54) is 0 Å². The van der Waals surface area contributed by atoms with Crippen molar-refractivity contribution >= 4 is 12.6 Å². The van der Waals surface area contributed by atoms with Crippen molar-refractivity contribution in [2.45, 2.75) is 11.8 Å². The van der Waals surface area contributed by atoms with Gasteiger partial charge in [0.05, 0.1) is 0 Å². The van der Waals surface area contributed by atoms with Crippen LogP contribution in [0.25, 0.3) is 22.6 Å². The Kier molecular flexibility index (Phi) is 3.09. The molecule has 3 nitrogen and oxygen atoms in total. The normalized spacial score (nSPS) is 10.6. The fourth-order valence-corrected chi connectivity index (χ4v) is 2.02. The number of rotatable bonds is 2. The molecule has 0 fully saturated rings. The first-order valence-electron chi connectivity index (χ1n) is 5.92. The van der Waals surface area contributed by atoms with Gasteiger partial charge in [0.1, 0.15) is 0 Å². The van der Waals surface area contributed by atoms with Crippen molar-refractivity contribution in [3.8, 4) is 22.6 Å². The molecular formula is C15H12N2OS. The number of thiol groups is 1. The summed E-state index contributed by atoms with van der Waals surface area (Å²) in [4.78, 5) is 0.960. The van der Waals surface area contributed by atoms with Crippen LogP contribution >= 0.6 is 12.6 Å². The van der Waals surface area contributed by atoms with Crippen LogP contribution in [0.3, 0.4) is 0 Å². The van der Waals surface area contributed by atoms with Gasteiger partial charge < -0.3 is 4.42 Å². The molecule has 1 aromatic heterocycles. The first kappa shape index (κ1) is 12.0. The first-order valence-corrected chi connectivity index (χ1v) is 6.37.